The Morgan fingerprint density at radius 1 is 1.07 bits per heavy atom. The van der Waals surface area contributed by atoms with Crippen LogP contribution in [0.15, 0.2) is 67.3 Å². The molecule has 1 heterocycles. The highest BCUT2D eigenvalue weighted by Gasteiger charge is 2.08. The van der Waals surface area contributed by atoms with Crippen LogP contribution in [0.3, 0.4) is 0 Å². The first-order chi connectivity index (χ1) is 13.2. The summed E-state index contributed by atoms with van der Waals surface area (Å²) in [6, 6.07) is 16.2. The van der Waals surface area contributed by atoms with Crippen LogP contribution in [0.4, 0.5) is 0 Å². The van der Waals surface area contributed by atoms with Gasteiger partial charge in [0.25, 0.3) is 0 Å². The van der Waals surface area contributed by atoms with E-state index in [9.17, 15) is 0 Å². The van der Waals surface area contributed by atoms with Crippen LogP contribution < -0.4 is 14.8 Å². The molecule has 1 unspecified atom stereocenters. The first kappa shape index (κ1) is 19.0. The number of methoxy groups -OCH3 is 1. The molecular formula is C22H27N3O2. The van der Waals surface area contributed by atoms with E-state index in [-0.39, 0.29) is 0 Å². The van der Waals surface area contributed by atoms with Gasteiger partial charge in [0.2, 0.25) is 0 Å². The van der Waals surface area contributed by atoms with Crippen molar-refractivity contribution >= 4 is 0 Å². The van der Waals surface area contributed by atoms with Gasteiger partial charge in [-0.2, -0.15) is 0 Å². The van der Waals surface area contributed by atoms with Crippen molar-refractivity contribution in [1.29, 1.82) is 0 Å². The summed E-state index contributed by atoms with van der Waals surface area (Å²) >= 11 is 0. The molecule has 1 atom stereocenters. The highest BCUT2D eigenvalue weighted by molar-refractivity contribution is 5.43. The lowest BCUT2D eigenvalue weighted by atomic mass is 10.1. The van der Waals surface area contributed by atoms with Gasteiger partial charge in [0.15, 0.2) is 11.5 Å². The van der Waals surface area contributed by atoms with E-state index in [1.807, 2.05) is 43.0 Å². The predicted molar refractivity (Wildman–Crippen MR) is 107 cm³/mol. The second-order valence-electron chi connectivity index (χ2n) is 6.76. The van der Waals surface area contributed by atoms with Crippen molar-refractivity contribution in [3.8, 4) is 11.5 Å². The lowest BCUT2D eigenvalue weighted by Crippen LogP contribution is -2.23. The van der Waals surface area contributed by atoms with Crippen molar-refractivity contribution < 1.29 is 9.47 Å². The first-order valence-corrected chi connectivity index (χ1v) is 9.24. The summed E-state index contributed by atoms with van der Waals surface area (Å²) in [5, 5.41) is 3.52. The zero-order valence-electron chi connectivity index (χ0n) is 16.0. The third kappa shape index (κ3) is 5.86. The molecule has 5 nitrogen and oxygen atoms in total. The van der Waals surface area contributed by atoms with Gasteiger partial charge in [0.1, 0.15) is 6.61 Å². The maximum absolute atomic E-state index is 5.99. The maximum Gasteiger partial charge on any atom is 0.161 e. The van der Waals surface area contributed by atoms with Crippen LogP contribution in [0.25, 0.3) is 0 Å². The van der Waals surface area contributed by atoms with Gasteiger partial charge in [0.05, 0.1) is 13.4 Å². The van der Waals surface area contributed by atoms with Crippen molar-refractivity contribution in [3.05, 3.63) is 78.4 Å². The summed E-state index contributed by atoms with van der Waals surface area (Å²) in [5.41, 5.74) is 2.31. The Morgan fingerprint density at radius 3 is 2.67 bits per heavy atom. The molecule has 0 aliphatic rings. The number of hydrogen-bond donors (Lipinski definition) is 1. The summed E-state index contributed by atoms with van der Waals surface area (Å²) < 4.78 is 13.5. The lowest BCUT2D eigenvalue weighted by molar-refractivity contribution is 0.284. The topological polar surface area (TPSA) is 48.3 Å². The number of ether oxygens (including phenoxy) is 2. The fourth-order valence-corrected chi connectivity index (χ4v) is 2.96. The molecule has 0 bridgehead atoms. The number of hydrogen-bond acceptors (Lipinski definition) is 4. The van der Waals surface area contributed by atoms with Gasteiger partial charge >= 0.3 is 0 Å². The van der Waals surface area contributed by atoms with Crippen LogP contribution in [-0.2, 0) is 19.7 Å². The molecule has 5 heteroatoms. The summed E-state index contributed by atoms with van der Waals surface area (Å²) in [7, 11) is 1.67. The SMILES string of the molecule is COc1ccc(CNCC(C)Cn2ccnc2)cc1OCc1ccccc1. The molecule has 0 radical (unpaired) electrons. The van der Waals surface area contributed by atoms with Gasteiger partial charge in [0, 0.05) is 25.5 Å². The number of rotatable bonds is 10. The molecule has 27 heavy (non-hydrogen) atoms. The van der Waals surface area contributed by atoms with Gasteiger partial charge in [-0.15, -0.1) is 0 Å². The average molecular weight is 365 g/mol. The van der Waals surface area contributed by atoms with Gasteiger partial charge in [-0.3, -0.25) is 0 Å². The zero-order valence-corrected chi connectivity index (χ0v) is 16.0. The molecule has 3 aromatic rings. The standard InChI is InChI=1S/C22H27N3O2/c1-18(15-25-11-10-23-17-25)13-24-14-20-8-9-21(26-2)22(12-20)27-16-19-6-4-3-5-7-19/h3-12,17-18,24H,13-16H2,1-2H3. The number of nitrogens with one attached hydrogen (secondary N) is 1. The molecular weight excluding hydrogens is 338 g/mol. The van der Waals surface area contributed by atoms with E-state index >= 15 is 0 Å². The van der Waals surface area contributed by atoms with E-state index in [1.165, 1.54) is 5.56 Å². The lowest BCUT2D eigenvalue weighted by Gasteiger charge is -2.15. The second-order valence-corrected chi connectivity index (χ2v) is 6.76. The molecule has 0 saturated carbocycles. The summed E-state index contributed by atoms with van der Waals surface area (Å²) in [6.07, 6.45) is 5.67. The van der Waals surface area contributed by atoms with Gasteiger partial charge in [-0.1, -0.05) is 43.3 Å². The van der Waals surface area contributed by atoms with E-state index in [0.717, 1.165) is 36.7 Å². The van der Waals surface area contributed by atoms with Crippen LogP contribution in [0.1, 0.15) is 18.1 Å². The monoisotopic (exact) mass is 365 g/mol. The van der Waals surface area contributed by atoms with Crippen molar-refractivity contribution in [2.75, 3.05) is 13.7 Å². The minimum Gasteiger partial charge on any atom is -0.493 e. The van der Waals surface area contributed by atoms with Gasteiger partial charge in [-0.25, -0.2) is 4.98 Å². The first-order valence-electron chi connectivity index (χ1n) is 9.24. The Kier molecular flexibility index (Phi) is 6.88. The van der Waals surface area contributed by atoms with Crippen LogP contribution >= 0.6 is 0 Å². The molecule has 1 N–H and O–H groups in total. The summed E-state index contributed by atoms with van der Waals surface area (Å²) in [6.45, 7) is 5.44. The van der Waals surface area contributed by atoms with E-state index in [4.69, 9.17) is 9.47 Å². The fraction of sp³-hybridized carbons (Fsp3) is 0.318. The zero-order chi connectivity index (χ0) is 18.9. The highest BCUT2D eigenvalue weighted by Crippen LogP contribution is 2.28. The predicted octanol–water partition coefficient (Wildman–Crippen LogP) is 3.90. The average Bonchev–Trinajstić information content (AvgIpc) is 3.20. The largest absolute Gasteiger partial charge is 0.493 e. The van der Waals surface area contributed by atoms with Crippen LogP contribution in [0.2, 0.25) is 0 Å². The van der Waals surface area contributed by atoms with Crippen molar-refractivity contribution in [1.82, 2.24) is 14.9 Å². The van der Waals surface area contributed by atoms with E-state index in [0.29, 0.717) is 12.5 Å². The summed E-state index contributed by atoms with van der Waals surface area (Å²) in [5.74, 6) is 2.04. The minimum atomic E-state index is 0.520. The van der Waals surface area contributed by atoms with Crippen LogP contribution in [0.5, 0.6) is 11.5 Å². The Bertz CT molecular complexity index is 804. The van der Waals surface area contributed by atoms with E-state index < -0.39 is 0 Å². The number of aromatic nitrogens is 2. The summed E-state index contributed by atoms with van der Waals surface area (Å²) in [4.78, 5) is 4.09. The Balaban J connectivity index is 1.52. The van der Waals surface area contributed by atoms with E-state index in [2.05, 4.69) is 46.1 Å². The molecule has 0 amide bonds. The van der Waals surface area contributed by atoms with E-state index in [1.54, 1.807) is 7.11 Å². The Hall–Kier alpha value is -2.79. The molecule has 0 aliphatic carbocycles. The molecule has 3 rings (SSSR count). The third-order valence-electron chi connectivity index (χ3n) is 4.37. The Morgan fingerprint density at radius 2 is 1.93 bits per heavy atom. The maximum atomic E-state index is 5.99. The van der Waals surface area contributed by atoms with Crippen LogP contribution in [0, 0.1) is 5.92 Å². The van der Waals surface area contributed by atoms with Crippen molar-refractivity contribution in [2.45, 2.75) is 26.6 Å². The van der Waals surface area contributed by atoms with Crippen molar-refractivity contribution in [2.24, 2.45) is 5.92 Å². The number of benzene rings is 2. The Labute approximate surface area is 161 Å². The molecule has 1 aromatic heterocycles. The van der Waals surface area contributed by atoms with Gasteiger partial charge < -0.3 is 19.4 Å². The molecule has 0 aliphatic heterocycles. The second kappa shape index (κ2) is 9.78. The smallest absolute Gasteiger partial charge is 0.161 e. The normalized spacial score (nSPS) is 11.9. The number of imidazole rings is 1. The van der Waals surface area contributed by atoms with Gasteiger partial charge in [-0.05, 0) is 35.7 Å². The molecule has 0 saturated heterocycles. The molecule has 142 valence electrons. The van der Waals surface area contributed by atoms with Crippen LogP contribution in [-0.4, -0.2) is 23.2 Å². The highest BCUT2D eigenvalue weighted by atomic mass is 16.5. The molecule has 0 fully saturated rings. The fourth-order valence-electron chi connectivity index (χ4n) is 2.96. The number of nitrogens with zero attached hydrogens (tertiary/aromatic N) is 2. The quantitative estimate of drug-likeness (QED) is 0.592. The van der Waals surface area contributed by atoms with Crippen molar-refractivity contribution in [3.63, 3.8) is 0 Å². The molecule has 0 spiro atoms. The minimum absolute atomic E-state index is 0.520. The third-order valence-corrected chi connectivity index (χ3v) is 4.37. The molecule has 2 aromatic carbocycles.